The first kappa shape index (κ1) is 16.0. The SMILES string of the molecule is COc1ccc(C(=O)Cn2cnc3sc4c(c3c2=O)CCC4)cc1F. The molecule has 0 unspecified atom stereocenters. The summed E-state index contributed by atoms with van der Waals surface area (Å²) in [5, 5.41) is 0.633. The van der Waals surface area contributed by atoms with Crippen LogP contribution in [-0.2, 0) is 19.4 Å². The summed E-state index contributed by atoms with van der Waals surface area (Å²) in [4.78, 5) is 31.5. The predicted molar refractivity (Wildman–Crippen MR) is 93.2 cm³/mol. The summed E-state index contributed by atoms with van der Waals surface area (Å²) in [6, 6.07) is 4.02. The molecule has 0 N–H and O–H groups in total. The van der Waals surface area contributed by atoms with Gasteiger partial charge in [0.1, 0.15) is 4.83 Å². The maximum absolute atomic E-state index is 13.8. The third-order valence-electron chi connectivity index (χ3n) is 4.48. The third kappa shape index (κ3) is 2.64. The van der Waals surface area contributed by atoms with Crippen LogP contribution in [-0.4, -0.2) is 22.4 Å². The van der Waals surface area contributed by atoms with E-state index >= 15 is 0 Å². The van der Waals surface area contributed by atoms with Crippen LogP contribution in [0.3, 0.4) is 0 Å². The van der Waals surface area contributed by atoms with Crippen molar-refractivity contribution in [3.8, 4) is 5.75 Å². The molecule has 128 valence electrons. The van der Waals surface area contributed by atoms with Crippen LogP contribution < -0.4 is 10.3 Å². The van der Waals surface area contributed by atoms with E-state index in [1.807, 2.05) is 0 Å². The highest BCUT2D eigenvalue weighted by Crippen LogP contribution is 2.34. The second kappa shape index (κ2) is 6.07. The Bertz CT molecular complexity index is 1050. The molecule has 2 aromatic heterocycles. The highest BCUT2D eigenvalue weighted by molar-refractivity contribution is 7.18. The van der Waals surface area contributed by atoms with Crippen molar-refractivity contribution in [1.29, 1.82) is 0 Å². The lowest BCUT2D eigenvalue weighted by Crippen LogP contribution is -2.24. The molecular formula is C18H15FN2O3S. The molecule has 2 heterocycles. The van der Waals surface area contributed by atoms with Gasteiger partial charge in [-0.1, -0.05) is 0 Å². The number of aryl methyl sites for hydroxylation is 2. The number of ketones is 1. The van der Waals surface area contributed by atoms with Crippen molar-refractivity contribution < 1.29 is 13.9 Å². The fourth-order valence-corrected chi connectivity index (χ4v) is 4.44. The maximum Gasteiger partial charge on any atom is 0.262 e. The molecule has 1 aliphatic carbocycles. The summed E-state index contributed by atoms with van der Waals surface area (Å²) in [5.41, 5.74) is 1.07. The number of fused-ring (bicyclic) bond motifs is 3. The Kier molecular flexibility index (Phi) is 3.88. The lowest BCUT2D eigenvalue weighted by Gasteiger charge is -2.07. The van der Waals surface area contributed by atoms with Crippen LogP contribution in [0.15, 0.2) is 29.3 Å². The Morgan fingerprint density at radius 2 is 2.24 bits per heavy atom. The van der Waals surface area contributed by atoms with Crippen LogP contribution in [0.5, 0.6) is 5.75 Å². The summed E-state index contributed by atoms with van der Waals surface area (Å²) in [6.45, 7) is -0.168. The summed E-state index contributed by atoms with van der Waals surface area (Å²) < 4.78 is 19.9. The van der Waals surface area contributed by atoms with Crippen molar-refractivity contribution in [2.24, 2.45) is 0 Å². The fourth-order valence-electron chi connectivity index (χ4n) is 3.22. The zero-order chi connectivity index (χ0) is 17.6. The number of rotatable bonds is 4. The maximum atomic E-state index is 13.8. The highest BCUT2D eigenvalue weighted by atomic mass is 32.1. The molecule has 4 rings (SSSR count). The van der Waals surface area contributed by atoms with Gasteiger partial charge in [0.15, 0.2) is 17.3 Å². The molecule has 0 spiro atoms. The monoisotopic (exact) mass is 358 g/mol. The van der Waals surface area contributed by atoms with Gasteiger partial charge in [-0.2, -0.15) is 0 Å². The summed E-state index contributed by atoms with van der Waals surface area (Å²) >= 11 is 1.56. The van der Waals surface area contributed by atoms with Gasteiger partial charge in [0, 0.05) is 10.4 Å². The molecule has 0 bridgehead atoms. The molecule has 0 fully saturated rings. The molecule has 0 saturated carbocycles. The molecule has 0 radical (unpaired) electrons. The van der Waals surface area contributed by atoms with E-state index < -0.39 is 5.82 Å². The molecule has 7 heteroatoms. The Balaban J connectivity index is 1.69. The quantitative estimate of drug-likeness (QED) is 0.673. The van der Waals surface area contributed by atoms with E-state index in [0.29, 0.717) is 5.39 Å². The fraction of sp³-hybridized carbons (Fsp3) is 0.278. The average Bonchev–Trinajstić information content (AvgIpc) is 3.18. The number of nitrogens with zero attached hydrogens (tertiary/aromatic N) is 2. The zero-order valence-corrected chi connectivity index (χ0v) is 14.4. The number of hydrogen-bond acceptors (Lipinski definition) is 5. The van der Waals surface area contributed by atoms with Gasteiger partial charge >= 0.3 is 0 Å². The lowest BCUT2D eigenvalue weighted by atomic mass is 10.1. The Labute approximate surface area is 146 Å². The van der Waals surface area contributed by atoms with Crippen LogP contribution in [0.2, 0.25) is 0 Å². The van der Waals surface area contributed by atoms with Crippen molar-refractivity contribution in [3.63, 3.8) is 0 Å². The second-order valence-electron chi connectivity index (χ2n) is 5.99. The number of Topliss-reactive ketones (excluding diaryl/α,β-unsaturated/α-hetero) is 1. The predicted octanol–water partition coefficient (Wildman–Crippen LogP) is 2.98. The van der Waals surface area contributed by atoms with E-state index in [1.165, 1.54) is 35.0 Å². The normalized spacial score (nSPS) is 13.2. The first-order valence-corrected chi connectivity index (χ1v) is 8.76. The molecule has 0 amide bonds. The zero-order valence-electron chi connectivity index (χ0n) is 13.5. The van der Waals surface area contributed by atoms with Crippen LogP contribution in [0, 0.1) is 5.82 Å². The van der Waals surface area contributed by atoms with Gasteiger partial charge in [0.25, 0.3) is 5.56 Å². The van der Waals surface area contributed by atoms with Gasteiger partial charge in [-0.05, 0) is 43.0 Å². The summed E-state index contributed by atoms with van der Waals surface area (Å²) in [6.07, 6.45) is 4.32. The smallest absolute Gasteiger partial charge is 0.262 e. The molecular weight excluding hydrogens is 343 g/mol. The molecule has 1 aromatic carbocycles. The van der Waals surface area contributed by atoms with Gasteiger partial charge in [0.2, 0.25) is 0 Å². The van der Waals surface area contributed by atoms with Crippen LogP contribution in [0.25, 0.3) is 10.2 Å². The van der Waals surface area contributed by atoms with Crippen LogP contribution in [0.4, 0.5) is 4.39 Å². The molecule has 3 aromatic rings. The number of carbonyl (C=O) groups excluding carboxylic acids is 1. The Morgan fingerprint density at radius 1 is 1.40 bits per heavy atom. The van der Waals surface area contributed by atoms with E-state index in [4.69, 9.17) is 4.74 Å². The number of halogens is 1. The highest BCUT2D eigenvalue weighted by Gasteiger charge is 2.22. The van der Waals surface area contributed by atoms with Crippen molar-refractivity contribution >= 4 is 27.3 Å². The topological polar surface area (TPSA) is 61.2 Å². The number of aromatic nitrogens is 2. The van der Waals surface area contributed by atoms with E-state index in [-0.39, 0.29) is 29.2 Å². The van der Waals surface area contributed by atoms with Crippen LogP contribution >= 0.6 is 11.3 Å². The first-order valence-electron chi connectivity index (χ1n) is 7.95. The van der Waals surface area contributed by atoms with E-state index in [9.17, 15) is 14.0 Å². The average molecular weight is 358 g/mol. The van der Waals surface area contributed by atoms with Gasteiger partial charge in [0.05, 0.1) is 25.4 Å². The number of thiophene rings is 1. The minimum atomic E-state index is -0.607. The summed E-state index contributed by atoms with van der Waals surface area (Å²) in [5.74, 6) is -0.882. The minimum absolute atomic E-state index is 0.0747. The standard InChI is InChI=1S/C18H15FN2O3S/c1-24-14-6-5-10(7-12(14)19)13(22)8-21-9-20-17-16(18(21)23)11-3-2-4-15(11)25-17/h5-7,9H,2-4,8H2,1H3. The number of ether oxygens (including phenoxy) is 1. The van der Waals surface area contributed by atoms with E-state index in [1.54, 1.807) is 11.3 Å². The minimum Gasteiger partial charge on any atom is -0.494 e. The van der Waals surface area contributed by atoms with Crippen LogP contribution in [0.1, 0.15) is 27.2 Å². The molecule has 0 aliphatic heterocycles. The van der Waals surface area contributed by atoms with Crippen molar-refractivity contribution in [2.45, 2.75) is 25.8 Å². The first-order chi connectivity index (χ1) is 12.1. The van der Waals surface area contributed by atoms with Crippen molar-refractivity contribution in [3.05, 3.63) is 56.7 Å². The molecule has 25 heavy (non-hydrogen) atoms. The van der Waals surface area contributed by atoms with Gasteiger partial charge in [-0.25, -0.2) is 9.37 Å². The second-order valence-corrected chi connectivity index (χ2v) is 7.07. The number of hydrogen-bond donors (Lipinski definition) is 0. The molecule has 0 atom stereocenters. The molecule has 5 nitrogen and oxygen atoms in total. The largest absolute Gasteiger partial charge is 0.494 e. The lowest BCUT2D eigenvalue weighted by molar-refractivity contribution is 0.0970. The van der Waals surface area contributed by atoms with Gasteiger partial charge in [-0.3, -0.25) is 14.2 Å². The number of benzene rings is 1. The third-order valence-corrected chi connectivity index (χ3v) is 5.68. The van der Waals surface area contributed by atoms with Crippen molar-refractivity contribution in [2.75, 3.05) is 7.11 Å². The molecule has 1 aliphatic rings. The van der Waals surface area contributed by atoms with Gasteiger partial charge < -0.3 is 4.74 Å². The van der Waals surface area contributed by atoms with E-state index in [2.05, 4.69) is 4.98 Å². The van der Waals surface area contributed by atoms with Crippen molar-refractivity contribution in [1.82, 2.24) is 9.55 Å². The number of carbonyl (C=O) groups is 1. The Morgan fingerprint density at radius 3 is 3.00 bits per heavy atom. The molecule has 0 saturated heterocycles. The van der Waals surface area contributed by atoms with Gasteiger partial charge in [-0.15, -0.1) is 11.3 Å². The van der Waals surface area contributed by atoms with E-state index in [0.717, 1.165) is 35.7 Å². The summed E-state index contributed by atoms with van der Waals surface area (Å²) in [7, 11) is 1.36. The Hall–Kier alpha value is -2.54. The number of methoxy groups -OCH3 is 1.